The van der Waals surface area contributed by atoms with Gasteiger partial charge in [0, 0.05) is 31.5 Å². The third kappa shape index (κ3) is 5.55. The molecule has 0 saturated carbocycles. The third-order valence-electron chi connectivity index (χ3n) is 4.06. The Kier molecular flexibility index (Phi) is 5.62. The van der Waals surface area contributed by atoms with Crippen molar-refractivity contribution in [1.82, 2.24) is 25.0 Å². The Morgan fingerprint density at radius 2 is 1.83 bits per heavy atom. The van der Waals surface area contributed by atoms with Gasteiger partial charge in [0.1, 0.15) is 5.60 Å². The summed E-state index contributed by atoms with van der Waals surface area (Å²) in [4.78, 5) is 25.2. The molecule has 1 saturated heterocycles. The standard InChI is InChI=1S/C17H21F3N6O3/c1-16(2,3)28-15(27)26-6-4-11(5-7-26)23-14-21-8-10(9-22-14)12-24-13(29-25-12)17(18,19)20/h8-9,11H,4-7H2,1-3H3,(H,21,22,23). The lowest BCUT2D eigenvalue weighted by molar-refractivity contribution is -0.159. The molecule has 1 aliphatic heterocycles. The summed E-state index contributed by atoms with van der Waals surface area (Å²) in [6.07, 6.45) is -1.04. The normalized spacial score (nSPS) is 16.0. The SMILES string of the molecule is CC(C)(C)OC(=O)N1CCC(Nc2ncc(-c3noc(C(F)(F)F)n3)cn2)CC1. The highest BCUT2D eigenvalue weighted by Crippen LogP contribution is 2.29. The van der Waals surface area contributed by atoms with Crippen LogP contribution in [0.2, 0.25) is 0 Å². The van der Waals surface area contributed by atoms with Gasteiger partial charge in [-0.2, -0.15) is 18.2 Å². The molecule has 0 radical (unpaired) electrons. The minimum absolute atomic E-state index is 0.0570. The smallest absolute Gasteiger partial charge is 0.444 e. The lowest BCUT2D eigenvalue weighted by Crippen LogP contribution is -2.44. The van der Waals surface area contributed by atoms with Crippen LogP contribution in [-0.4, -0.2) is 55.8 Å². The molecule has 29 heavy (non-hydrogen) atoms. The number of hydrogen-bond donors (Lipinski definition) is 1. The summed E-state index contributed by atoms with van der Waals surface area (Å²) in [6.45, 7) is 6.53. The molecule has 12 heteroatoms. The van der Waals surface area contributed by atoms with Gasteiger partial charge in [0.05, 0.1) is 5.56 Å². The average molecular weight is 414 g/mol. The van der Waals surface area contributed by atoms with E-state index in [1.165, 1.54) is 12.4 Å². The first kappa shape index (κ1) is 20.8. The molecular formula is C17H21F3N6O3. The Morgan fingerprint density at radius 3 is 2.34 bits per heavy atom. The number of carbonyl (C=O) groups is 1. The van der Waals surface area contributed by atoms with Crippen LogP contribution in [0.15, 0.2) is 16.9 Å². The third-order valence-corrected chi connectivity index (χ3v) is 4.06. The van der Waals surface area contributed by atoms with Crippen molar-refractivity contribution in [1.29, 1.82) is 0 Å². The molecule has 1 N–H and O–H groups in total. The van der Waals surface area contributed by atoms with Crippen LogP contribution in [0.3, 0.4) is 0 Å². The molecule has 0 unspecified atom stereocenters. The second-order valence-corrected chi connectivity index (χ2v) is 7.60. The molecule has 0 bridgehead atoms. The minimum atomic E-state index is -4.71. The Balaban J connectivity index is 1.53. The van der Waals surface area contributed by atoms with Gasteiger partial charge in [-0.3, -0.25) is 0 Å². The monoisotopic (exact) mass is 414 g/mol. The maximum atomic E-state index is 12.5. The van der Waals surface area contributed by atoms with E-state index in [0.717, 1.165) is 0 Å². The molecule has 1 aliphatic rings. The highest BCUT2D eigenvalue weighted by molar-refractivity contribution is 5.68. The molecule has 9 nitrogen and oxygen atoms in total. The molecule has 2 aromatic rings. The maximum Gasteiger partial charge on any atom is 0.471 e. The van der Waals surface area contributed by atoms with Gasteiger partial charge in [-0.1, -0.05) is 5.16 Å². The highest BCUT2D eigenvalue weighted by atomic mass is 19.4. The number of rotatable bonds is 3. The number of piperidine rings is 1. The number of likely N-dealkylation sites (tertiary alicyclic amines) is 1. The van der Waals surface area contributed by atoms with Crippen molar-refractivity contribution in [2.45, 2.75) is 51.4 Å². The molecule has 3 heterocycles. The van der Waals surface area contributed by atoms with Crippen molar-refractivity contribution in [3.63, 3.8) is 0 Å². The number of halogens is 3. The zero-order valence-corrected chi connectivity index (χ0v) is 16.2. The van der Waals surface area contributed by atoms with E-state index in [2.05, 4.69) is 29.9 Å². The Bertz CT molecular complexity index is 839. The lowest BCUT2D eigenvalue weighted by atomic mass is 10.1. The van der Waals surface area contributed by atoms with Crippen molar-refractivity contribution >= 4 is 12.0 Å². The highest BCUT2D eigenvalue weighted by Gasteiger charge is 2.38. The molecule has 158 valence electrons. The summed E-state index contributed by atoms with van der Waals surface area (Å²) in [7, 11) is 0. The molecule has 3 rings (SSSR count). The van der Waals surface area contributed by atoms with E-state index >= 15 is 0 Å². The second kappa shape index (κ2) is 7.84. The summed E-state index contributed by atoms with van der Waals surface area (Å²) < 4.78 is 47.1. The van der Waals surface area contributed by atoms with Gasteiger partial charge in [-0.25, -0.2) is 14.8 Å². The molecule has 1 amide bonds. The Hall–Kier alpha value is -2.92. The van der Waals surface area contributed by atoms with Crippen LogP contribution in [0.1, 0.15) is 39.5 Å². The van der Waals surface area contributed by atoms with Crippen molar-refractivity contribution in [3.05, 3.63) is 18.3 Å². The second-order valence-electron chi connectivity index (χ2n) is 7.60. The first-order valence-corrected chi connectivity index (χ1v) is 8.99. The fraction of sp³-hybridized carbons (Fsp3) is 0.588. The van der Waals surface area contributed by atoms with Gasteiger partial charge >= 0.3 is 18.2 Å². The molecule has 2 aromatic heterocycles. The number of aromatic nitrogens is 4. The zero-order chi connectivity index (χ0) is 21.2. The lowest BCUT2D eigenvalue weighted by Gasteiger charge is -2.33. The van der Waals surface area contributed by atoms with E-state index in [1.54, 1.807) is 4.90 Å². The number of nitrogens with one attached hydrogen (secondary N) is 1. The fourth-order valence-corrected chi connectivity index (χ4v) is 2.69. The van der Waals surface area contributed by atoms with Crippen molar-refractivity contribution < 1.29 is 27.2 Å². The van der Waals surface area contributed by atoms with Crippen LogP contribution in [0.4, 0.5) is 23.9 Å². The van der Waals surface area contributed by atoms with Crippen LogP contribution in [-0.2, 0) is 10.9 Å². The van der Waals surface area contributed by atoms with Crippen molar-refractivity contribution in [3.8, 4) is 11.4 Å². The van der Waals surface area contributed by atoms with E-state index in [9.17, 15) is 18.0 Å². The van der Waals surface area contributed by atoms with Gasteiger partial charge in [-0.05, 0) is 33.6 Å². The number of amides is 1. The first-order valence-electron chi connectivity index (χ1n) is 8.99. The van der Waals surface area contributed by atoms with Gasteiger partial charge in [0.2, 0.25) is 11.8 Å². The minimum Gasteiger partial charge on any atom is -0.444 e. The Morgan fingerprint density at radius 1 is 1.21 bits per heavy atom. The summed E-state index contributed by atoms with van der Waals surface area (Å²) in [5.41, 5.74) is -0.337. The topological polar surface area (TPSA) is 106 Å². The molecule has 0 spiro atoms. The van der Waals surface area contributed by atoms with Gasteiger partial charge in [0.25, 0.3) is 0 Å². The predicted octanol–water partition coefficient (Wildman–Crippen LogP) is 3.36. The molecule has 1 fully saturated rings. The summed E-state index contributed by atoms with van der Waals surface area (Å²) >= 11 is 0. The fourth-order valence-electron chi connectivity index (χ4n) is 2.69. The number of ether oxygens (including phenoxy) is 1. The summed E-state index contributed by atoms with van der Waals surface area (Å²) in [5, 5.41) is 6.44. The number of anilines is 1. The van der Waals surface area contributed by atoms with Crippen LogP contribution in [0, 0.1) is 0 Å². The van der Waals surface area contributed by atoms with Crippen LogP contribution in [0.25, 0.3) is 11.4 Å². The number of carbonyl (C=O) groups excluding carboxylic acids is 1. The van der Waals surface area contributed by atoms with Crippen LogP contribution < -0.4 is 5.32 Å². The number of alkyl halides is 3. The van der Waals surface area contributed by atoms with Gasteiger partial charge in [0.15, 0.2) is 0 Å². The van der Waals surface area contributed by atoms with Gasteiger partial charge < -0.3 is 19.5 Å². The van der Waals surface area contributed by atoms with Crippen LogP contribution >= 0.6 is 0 Å². The predicted molar refractivity (Wildman–Crippen MR) is 94.8 cm³/mol. The van der Waals surface area contributed by atoms with E-state index in [1.807, 2.05) is 20.8 Å². The van der Waals surface area contributed by atoms with Gasteiger partial charge in [-0.15, -0.1) is 0 Å². The quantitative estimate of drug-likeness (QED) is 0.815. The number of nitrogens with zero attached hydrogens (tertiary/aromatic N) is 5. The largest absolute Gasteiger partial charge is 0.471 e. The molecular weight excluding hydrogens is 393 g/mol. The maximum absolute atomic E-state index is 12.5. The first-order chi connectivity index (χ1) is 13.5. The van der Waals surface area contributed by atoms with Crippen LogP contribution in [0.5, 0.6) is 0 Å². The Labute approximate surface area is 164 Å². The average Bonchev–Trinajstić information content (AvgIpc) is 3.12. The van der Waals surface area contributed by atoms with E-state index in [4.69, 9.17) is 4.74 Å². The molecule has 0 aromatic carbocycles. The van der Waals surface area contributed by atoms with E-state index in [-0.39, 0.29) is 23.5 Å². The zero-order valence-electron chi connectivity index (χ0n) is 16.2. The van der Waals surface area contributed by atoms with Crippen molar-refractivity contribution in [2.75, 3.05) is 18.4 Å². The molecule has 0 aliphatic carbocycles. The van der Waals surface area contributed by atoms with E-state index in [0.29, 0.717) is 31.9 Å². The summed E-state index contributed by atoms with van der Waals surface area (Å²) in [5.74, 6) is -1.34. The number of hydrogen-bond acceptors (Lipinski definition) is 8. The van der Waals surface area contributed by atoms with Crippen molar-refractivity contribution in [2.24, 2.45) is 0 Å². The van der Waals surface area contributed by atoms with E-state index < -0.39 is 17.7 Å². The summed E-state index contributed by atoms with van der Waals surface area (Å²) in [6, 6.07) is 0.0570. The molecule has 0 atom stereocenters.